The molecular formula is C16H17NO3. The smallest absolute Gasteiger partial charge is 0.172 e. The van der Waals surface area contributed by atoms with Crippen molar-refractivity contribution >= 4 is 5.78 Å². The molecule has 0 bridgehead atoms. The van der Waals surface area contributed by atoms with Crippen LogP contribution in [-0.4, -0.2) is 17.9 Å². The van der Waals surface area contributed by atoms with E-state index in [1.165, 1.54) is 6.92 Å². The molecule has 4 heteroatoms. The molecule has 1 atom stereocenters. The van der Waals surface area contributed by atoms with Gasteiger partial charge in [-0.15, -0.1) is 0 Å². The number of carbonyl (C=O) groups excluding carboxylic acids is 1. The summed E-state index contributed by atoms with van der Waals surface area (Å²) < 4.78 is 11.2. The quantitative estimate of drug-likeness (QED) is 0.782. The predicted molar refractivity (Wildman–Crippen MR) is 76.3 cm³/mol. The highest BCUT2D eigenvalue weighted by Gasteiger charge is 2.17. The van der Waals surface area contributed by atoms with Gasteiger partial charge in [0.05, 0.1) is 12.7 Å². The van der Waals surface area contributed by atoms with Crippen molar-refractivity contribution in [3.05, 3.63) is 53.9 Å². The van der Waals surface area contributed by atoms with Crippen molar-refractivity contribution in [3.8, 4) is 11.5 Å². The van der Waals surface area contributed by atoms with Gasteiger partial charge in [-0.05, 0) is 32.0 Å². The van der Waals surface area contributed by atoms with Crippen LogP contribution in [-0.2, 0) is 0 Å². The van der Waals surface area contributed by atoms with Gasteiger partial charge in [0.15, 0.2) is 17.3 Å². The van der Waals surface area contributed by atoms with Crippen LogP contribution in [0.15, 0.2) is 42.7 Å². The predicted octanol–water partition coefficient (Wildman–Crippen LogP) is 3.43. The number of para-hydroxylation sites is 1. The van der Waals surface area contributed by atoms with Crippen molar-refractivity contribution in [1.29, 1.82) is 0 Å². The molecule has 1 aromatic heterocycles. The molecule has 2 rings (SSSR count). The molecule has 0 aliphatic carbocycles. The van der Waals surface area contributed by atoms with Gasteiger partial charge >= 0.3 is 0 Å². The van der Waals surface area contributed by atoms with E-state index in [1.807, 2.05) is 19.1 Å². The summed E-state index contributed by atoms with van der Waals surface area (Å²) in [7, 11) is 1.56. The molecule has 0 N–H and O–H groups in total. The number of rotatable bonds is 5. The molecule has 104 valence electrons. The highest BCUT2D eigenvalue weighted by atomic mass is 16.5. The fraction of sp³-hybridized carbons (Fsp3) is 0.250. The Labute approximate surface area is 118 Å². The lowest BCUT2D eigenvalue weighted by Crippen LogP contribution is -2.08. The average molecular weight is 271 g/mol. The summed E-state index contributed by atoms with van der Waals surface area (Å²) in [5, 5.41) is 0. The van der Waals surface area contributed by atoms with E-state index < -0.39 is 0 Å². The average Bonchev–Trinajstić information content (AvgIpc) is 2.48. The van der Waals surface area contributed by atoms with Crippen molar-refractivity contribution in [2.45, 2.75) is 20.0 Å². The number of Topliss-reactive ketones (excluding diaryl/α,β-unsaturated/α-hetero) is 1. The summed E-state index contributed by atoms with van der Waals surface area (Å²) >= 11 is 0. The summed E-state index contributed by atoms with van der Waals surface area (Å²) in [4.78, 5) is 15.8. The lowest BCUT2D eigenvalue weighted by Gasteiger charge is -2.19. The molecule has 0 fully saturated rings. The zero-order chi connectivity index (χ0) is 14.5. The van der Waals surface area contributed by atoms with Crippen LogP contribution < -0.4 is 9.47 Å². The maximum Gasteiger partial charge on any atom is 0.172 e. The van der Waals surface area contributed by atoms with Crippen molar-refractivity contribution in [1.82, 2.24) is 4.98 Å². The Balaban J connectivity index is 2.35. The van der Waals surface area contributed by atoms with Crippen LogP contribution in [0.4, 0.5) is 0 Å². The number of aromatic nitrogens is 1. The Kier molecular flexibility index (Phi) is 4.35. The van der Waals surface area contributed by atoms with Crippen molar-refractivity contribution in [2.24, 2.45) is 0 Å². The molecule has 2 aromatic rings. The molecule has 0 radical (unpaired) electrons. The topological polar surface area (TPSA) is 48.4 Å². The second kappa shape index (κ2) is 6.19. The van der Waals surface area contributed by atoms with Gasteiger partial charge in [0, 0.05) is 18.0 Å². The van der Waals surface area contributed by atoms with Gasteiger partial charge in [-0.3, -0.25) is 9.78 Å². The molecule has 1 aromatic carbocycles. The van der Waals surface area contributed by atoms with Gasteiger partial charge < -0.3 is 9.47 Å². The second-order valence-electron chi connectivity index (χ2n) is 4.44. The number of benzene rings is 1. The normalized spacial score (nSPS) is 11.8. The Morgan fingerprint density at radius 1 is 1.25 bits per heavy atom. The fourth-order valence-corrected chi connectivity index (χ4v) is 1.94. The maximum atomic E-state index is 11.7. The molecule has 1 heterocycles. The Bertz CT molecular complexity index is 596. The first-order chi connectivity index (χ1) is 9.63. The first-order valence-electron chi connectivity index (χ1n) is 6.38. The van der Waals surface area contributed by atoms with E-state index in [0.29, 0.717) is 17.1 Å². The van der Waals surface area contributed by atoms with E-state index in [9.17, 15) is 4.79 Å². The van der Waals surface area contributed by atoms with Gasteiger partial charge in [-0.25, -0.2) is 0 Å². The van der Waals surface area contributed by atoms with Crippen LogP contribution >= 0.6 is 0 Å². The van der Waals surface area contributed by atoms with E-state index in [4.69, 9.17) is 9.47 Å². The lowest BCUT2D eigenvalue weighted by molar-refractivity contribution is 0.101. The molecule has 0 saturated heterocycles. The Morgan fingerprint density at radius 2 is 2.05 bits per heavy atom. The van der Waals surface area contributed by atoms with Crippen molar-refractivity contribution in [2.75, 3.05) is 7.11 Å². The van der Waals surface area contributed by atoms with E-state index in [2.05, 4.69) is 4.98 Å². The van der Waals surface area contributed by atoms with Gasteiger partial charge in [-0.2, -0.15) is 0 Å². The van der Waals surface area contributed by atoms with Crippen LogP contribution in [0, 0.1) is 0 Å². The number of carbonyl (C=O) groups is 1. The molecule has 0 amide bonds. The molecule has 20 heavy (non-hydrogen) atoms. The fourth-order valence-electron chi connectivity index (χ4n) is 1.94. The highest BCUT2D eigenvalue weighted by Crippen LogP contribution is 2.34. The Morgan fingerprint density at radius 3 is 2.65 bits per heavy atom. The first-order valence-corrected chi connectivity index (χ1v) is 6.38. The highest BCUT2D eigenvalue weighted by molar-refractivity contribution is 5.97. The standard InChI is InChI=1S/C16H17NO3/c1-11(18)14-7-4-8-15(19-3)16(14)20-12(2)13-6-5-9-17-10-13/h4-10,12H,1-3H3. The van der Waals surface area contributed by atoms with Crippen LogP contribution in [0.1, 0.15) is 35.9 Å². The molecule has 0 aliphatic heterocycles. The van der Waals surface area contributed by atoms with Gasteiger partial charge in [-0.1, -0.05) is 12.1 Å². The third-order valence-corrected chi connectivity index (χ3v) is 3.03. The van der Waals surface area contributed by atoms with E-state index in [1.54, 1.807) is 37.7 Å². The monoisotopic (exact) mass is 271 g/mol. The summed E-state index contributed by atoms with van der Waals surface area (Å²) in [6.45, 7) is 3.42. The minimum Gasteiger partial charge on any atom is -0.493 e. The van der Waals surface area contributed by atoms with Crippen molar-refractivity contribution < 1.29 is 14.3 Å². The van der Waals surface area contributed by atoms with Crippen LogP contribution in [0.25, 0.3) is 0 Å². The largest absolute Gasteiger partial charge is 0.493 e. The number of hydrogen-bond donors (Lipinski definition) is 0. The number of ether oxygens (including phenoxy) is 2. The minimum absolute atomic E-state index is 0.0581. The SMILES string of the molecule is COc1cccc(C(C)=O)c1OC(C)c1cccnc1. The van der Waals surface area contributed by atoms with Gasteiger partial charge in [0.2, 0.25) is 0 Å². The maximum absolute atomic E-state index is 11.7. The summed E-state index contributed by atoms with van der Waals surface area (Å²) in [6, 6.07) is 9.06. The van der Waals surface area contributed by atoms with Crippen molar-refractivity contribution in [3.63, 3.8) is 0 Å². The van der Waals surface area contributed by atoms with Crippen LogP contribution in [0.3, 0.4) is 0 Å². The van der Waals surface area contributed by atoms with Crippen LogP contribution in [0.5, 0.6) is 11.5 Å². The van der Waals surface area contributed by atoms with Gasteiger partial charge in [0.1, 0.15) is 6.10 Å². The Hall–Kier alpha value is -2.36. The van der Waals surface area contributed by atoms with E-state index >= 15 is 0 Å². The first kappa shape index (κ1) is 14.1. The summed E-state index contributed by atoms with van der Waals surface area (Å²) in [6.07, 6.45) is 3.23. The minimum atomic E-state index is -0.224. The zero-order valence-electron chi connectivity index (χ0n) is 11.8. The molecule has 4 nitrogen and oxygen atoms in total. The summed E-state index contributed by atoms with van der Waals surface area (Å²) in [5.74, 6) is 0.963. The van der Waals surface area contributed by atoms with Gasteiger partial charge in [0.25, 0.3) is 0 Å². The second-order valence-corrected chi connectivity index (χ2v) is 4.44. The number of nitrogens with zero attached hydrogens (tertiary/aromatic N) is 1. The molecule has 0 aliphatic rings. The zero-order valence-corrected chi connectivity index (χ0v) is 11.8. The number of ketones is 1. The third-order valence-electron chi connectivity index (χ3n) is 3.03. The number of methoxy groups -OCH3 is 1. The van der Waals surface area contributed by atoms with E-state index in [-0.39, 0.29) is 11.9 Å². The molecule has 0 saturated carbocycles. The summed E-state index contributed by atoms with van der Waals surface area (Å²) in [5.41, 5.74) is 1.45. The van der Waals surface area contributed by atoms with E-state index in [0.717, 1.165) is 5.56 Å². The van der Waals surface area contributed by atoms with Crippen LogP contribution in [0.2, 0.25) is 0 Å². The lowest BCUT2D eigenvalue weighted by atomic mass is 10.1. The third kappa shape index (κ3) is 2.96. The molecule has 1 unspecified atom stereocenters. The number of pyridine rings is 1. The number of hydrogen-bond acceptors (Lipinski definition) is 4. The molecular weight excluding hydrogens is 254 g/mol. The molecule has 0 spiro atoms.